The number of rotatable bonds is 5. The van der Waals surface area contributed by atoms with Crippen molar-refractivity contribution in [2.45, 2.75) is 33.7 Å². The Morgan fingerprint density at radius 1 is 1.07 bits per heavy atom. The molecule has 0 aliphatic heterocycles. The van der Waals surface area contributed by atoms with E-state index in [9.17, 15) is 4.39 Å². The van der Waals surface area contributed by atoms with Crippen molar-refractivity contribution in [3.8, 4) is 0 Å². The van der Waals surface area contributed by atoms with Gasteiger partial charge in [0.15, 0.2) is 0 Å². The molecule has 0 aliphatic rings. The van der Waals surface area contributed by atoms with E-state index >= 15 is 0 Å². The number of alkyl halides is 1. The zero-order valence-corrected chi connectivity index (χ0v) is 9.86. The first kappa shape index (κ1) is 12.2. The van der Waals surface area contributed by atoms with Crippen molar-refractivity contribution >= 4 is 0 Å². The number of benzene rings is 1. The summed E-state index contributed by atoms with van der Waals surface area (Å²) >= 11 is 0. The van der Waals surface area contributed by atoms with Crippen LogP contribution in [0.1, 0.15) is 28.7 Å². The van der Waals surface area contributed by atoms with Crippen LogP contribution < -0.4 is 5.32 Å². The first-order chi connectivity index (χ1) is 7.15. The molecular weight excluding hydrogens is 189 g/mol. The maximum Gasteiger partial charge on any atom is 0.0906 e. The molecule has 1 nitrogen and oxygen atoms in total. The second-order valence-electron chi connectivity index (χ2n) is 4.08. The summed E-state index contributed by atoms with van der Waals surface area (Å²) in [6.45, 7) is 7.73. The van der Waals surface area contributed by atoms with Crippen LogP contribution in [0.15, 0.2) is 12.1 Å². The lowest BCUT2D eigenvalue weighted by molar-refractivity contribution is 0.459. The predicted molar refractivity (Wildman–Crippen MR) is 63.0 cm³/mol. The van der Waals surface area contributed by atoms with E-state index in [0.717, 1.165) is 13.1 Å². The van der Waals surface area contributed by atoms with Gasteiger partial charge in [0.25, 0.3) is 0 Å². The van der Waals surface area contributed by atoms with Crippen LogP contribution in [0.25, 0.3) is 0 Å². The minimum atomic E-state index is -0.237. The molecule has 2 heteroatoms. The molecule has 0 aliphatic carbocycles. The van der Waals surface area contributed by atoms with Gasteiger partial charge in [-0.2, -0.15) is 0 Å². The van der Waals surface area contributed by atoms with Gasteiger partial charge in [-0.25, -0.2) is 0 Å². The zero-order valence-electron chi connectivity index (χ0n) is 9.86. The summed E-state index contributed by atoms with van der Waals surface area (Å²) in [5.41, 5.74) is 5.28. The molecule has 1 N–H and O–H groups in total. The number of halogens is 1. The maximum atomic E-state index is 11.9. The highest BCUT2D eigenvalue weighted by Crippen LogP contribution is 2.14. The van der Waals surface area contributed by atoms with Crippen LogP contribution in [0.4, 0.5) is 4.39 Å². The van der Waals surface area contributed by atoms with E-state index in [1.54, 1.807) is 0 Å². The molecule has 0 unspecified atom stereocenters. The Bertz CT molecular complexity index is 321. The third-order valence-corrected chi connectivity index (χ3v) is 2.75. The van der Waals surface area contributed by atoms with Crippen molar-refractivity contribution in [2.24, 2.45) is 0 Å². The molecule has 0 spiro atoms. The van der Waals surface area contributed by atoms with E-state index in [2.05, 4.69) is 38.2 Å². The molecule has 0 saturated heterocycles. The van der Waals surface area contributed by atoms with E-state index in [1.807, 2.05) is 0 Å². The van der Waals surface area contributed by atoms with Gasteiger partial charge in [0, 0.05) is 6.54 Å². The van der Waals surface area contributed by atoms with Crippen molar-refractivity contribution < 1.29 is 4.39 Å². The van der Waals surface area contributed by atoms with Crippen LogP contribution in [-0.2, 0) is 6.54 Å². The fourth-order valence-electron chi connectivity index (χ4n) is 1.63. The van der Waals surface area contributed by atoms with Gasteiger partial charge in [-0.05, 0) is 56.0 Å². The summed E-state index contributed by atoms with van der Waals surface area (Å²) < 4.78 is 11.9. The van der Waals surface area contributed by atoms with Crippen LogP contribution in [0.3, 0.4) is 0 Å². The lowest BCUT2D eigenvalue weighted by Gasteiger charge is -2.10. The minimum Gasteiger partial charge on any atom is -0.313 e. The van der Waals surface area contributed by atoms with Crippen molar-refractivity contribution in [1.82, 2.24) is 5.32 Å². The standard InChI is InChI=1S/C13H20FN/c1-10-7-12(3)13(8-11(10)2)9-15-6-4-5-14/h7-8,15H,4-6,9H2,1-3H3. The molecule has 0 saturated carbocycles. The van der Waals surface area contributed by atoms with Crippen LogP contribution in [0, 0.1) is 20.8 Å². The Morgan fingerprint density at radius 2 is 1.73 bits per heavy atom. The molecule has 0 radical (unpaired) electrons. The van der Waals surface area contributed by atoms with Crippen LogP contribution in [-0.4, -0.2) is 13.2 Å². The van der Waals surface area contributed by atoms with E-state index in [-0.39, 0.29) is 6.67 Å². The van der Waals surface area contributed by atoms with Gasteiger partial charge < -0.3 is 5.32 Å². The molecule has 1 rings (SSSR count). The van der Waals surface area contributed by atoms with E-state index in [4.69, 9.17) is 0 Å². The molecular formula is C13H20FN. The Balaban J connectivity index is 2.57. The first-order valence-corrected chi connectivity index (χ1v) is 5.48. The lowest BCUT2D eigenvalue weighted by atomic mass is 10.0. The highest BCUT2D eigenvalue weighted by molar-refractivity contribution is 5.36. The molecule has 0 heterocycles. The number of nitrogens with one attached hydrogen (secondary N) is 1. The fraction of sp³-hybridized carbons (Fsp3) is 0.538. The summed E-state index contributed by atoms with van der Waals surface area (Å²) in [5, 5.41) is 3.25. The summed E-state index contributed by atoms with van der Waals surface area (Å²) in [6.07, 6.45) is 0.601. The van der Waals surface area contributed by atoms with E-state index < -0.39 is 0 Å². The molecule has 1 aromatic rings. The highest BCUT2D eigenvalue weighted by Gasteiger charge is 2.01. The molecule has 0 atom stereocenters. The largest absolute Gasteiger partial charge is 0.313 e. The lowest BCUT2D eigenvalue weighted by Crippen LogP contribution is -2.16. The molecule has 0 aromatic heterocycles. The van der Waals surface area contributed by atoms with Crippen LogP contribution in [0.5, 0.6) is 0 Å². The van der Waals surface area contributed by atoms with Gasteiger partial charge in [0.1, 0.15) is 0 Å². The van der Waals surface area contributed by atoms with Crippen molar-refractivity contribution in [1.29, 1.82) is 0 Å². The molecule has 0 amide bonds. The first-order valence-electron chi connectivity index (χ1n) is 5.48. The number of hydrogen-bond acceptors (Lipinski definition) is 1. The van der Waals surface area contributed by atoms with E-state index in [1.165, 1.54) is 22.3 Å². The topological polar surface area (TPSA) is 12.0 Å². The van der Waals surface area contributed by atoms with Gasteiger partial charge in [0.05, 0.1) is 6.67 Å². The van der Waals surface area contributed by atoms with Gasteiger partial charge in [0.2, 0.25) is 0 Å². The average Bonchev–Trinajstić information content (AvgIpc) is 2.20. The second kappa shape index (κ2) is 5.86. The van der Waals surface area contributed by atoms with E-state index in [0.29, 0.717) is 6.42 Å². The summed E-state index contributed by atoms with van der Waals surface area (Å²) in [5.74, 6) is 0. The second-order valence-corrected chi connectivity index (χ2v) is 4.08. The third kappa shape index (κ3) is 3.63. The Morgan fingerprint density at radius 3 is 2.40 bits per heavy atom. The summed E-state index contributed by atoms with van der Waals surface area (Å²) in [6, 6.07) is 4.43. The highest BCUT2D eigenvalue weighted by atomic mass is 19.1. The molecule has 84 valence electrons. The average molecular weight is 209 g/mol. The quantitative estimate of drug-likeness (QED) is 0.735. The third-order valence-electron chi connectivity index (χ3n) is 2.75. The van der Waals surface area contributed by atoms with Gasteiger partial charge in [-0.3, -0.25) is 4.39 Å². The monoisotopic (exact) mass is 209 g/mol. The molecule has 0 bridgehead atoms. The van der Waals surface area contributed by atoms with Crippen molar-refractivity contribution in [2.75, 3.05) is 13.2 Å². The Hall–Kier alpha value is -0.890. The molecule has 0 fully saturated rings. The summed E-state index contributed by atoms with van der Waals surface area (Å²) in [4.78, 5) is 0. The minimum absolute atomic E-state index is 0.237. The normalized spacial score (nSPS) is 10.7. The van der Waals surface area contributed by atoms with Crippen molar-refractivity contribution in [3.63, 3.8) is 0 Å². The smallest absolute Gasteiger partial charge is 0.0906 e. The zero-order chi connectivity index (χ0) is 11.3. The van der Waals surface area contributed by atoms with Crippen molar-refractivity contribution in [3.05, 3.63) is 34.4 Å². The van der Waals surface area contributed by atoms with Gasteiger partial charge >= 0.3 is 0 Å². The SMILES string of the molecule is Cc1cc(C)c(CNCCCF)cc1C. The fourth-order valence-corrected chi connectivity index (χ4v) is 1.63. The number of hydrogen-bond donors (Lipinski definition) is 1. The predicted octanol–water partition coefficient (Wildman–Crippen LogP) is 3.06. The Kier molecular flexibility index (Phi) is 4.76. The number of aryl methyl sites for hydroxylation is 3. The Labute approximate surface area is 91.7 Å². The van der Waals surface area contributed by atoms with Gasteiger partial charge in [-0.1, -0.05) is 12.1 Å². The van der Waals surface area contributed by atoms with Crippen LogP contribution >= 0.6 is 0 Å². The van der Waals surface area contributed by atoms with Crippen LogP contribution in [0.2, 0.25) is 0 Å². The summed E-state index contributed by atoms with van der Waals surface area (Å²) in [7, 11) is 0. The molecule has 1 aromatic carbocycles. The maximum absolute atomic E-state index is 11.9. The van der Waals surface area contributed by atoms with Gasteiger partial charge in [-0.15, -0.1) is 0 Å². The molecule has 15 heavy (non-hydrogen) atoms.